The second kappa shape index (κ2) is 6.80. The maximum Gasteiger partial charge on any atom is 0.338 e. The molecule has 1 heterocycles. The maximum atomic E-state index is 12.8. The van der Waals surface area contributed by atoms with E-state index < -0.39 is 16.0 Å². The van der Waals surface area contributed by atoms with Crippen LogP contribution < -0.4 is 4.72 Å². The van der Waals surface area contributed by atoms with E-state index in [0.717, 1.165) is 0 Å². The zero-order chi connectivity index (χ0) is 18.9. The van der Waals surface area contributed by atoms with Crippen molar-refractivity contribution >= 4 is 32.6 Å². The van der Waals surface area contributed by atoms with Crippen molar-refractivity contribution in [3.63, 3.8) is 0 Å². The largest absolute Gasteiger partial charge is 0.465 e. The number of nitrogens with zero attached hydrogens (tertiary/aromatic N) is 1. The number of carbonyl (C=O) groups excluding carboxylic acids is 1. The summed E-state index contributed by atoms with van der Waals surface area (Å²) in [5, 5.41) is 7.62. The van der Waals surface area contributed by atoms with Crippen LogP contribution in [0, 0.1) is 0 Å². The van der Waals surface area contributed by atoms with E-state index in [9.17, 15) is 13.2 Å². The average Bonchev–Trinajstić information content (AvgIpc) is 3.05. The Bertz CT molecular complexity index is 1060. The molecule has 2 aromatic carbocycles. The first-order valence-electron chi connectivity index (χ1n) is 8.01. The van der Waals surface area contributed by atoms with Gasteiger partial charge in [0.25, 0.3) is 10.0 Å². The number of esters is 1. The lowest BCUT2D eigenvalue weighted by Crippen LogP contribution is -2.14. The van der Waals surface area contributed by atoms with Crippen LogP contribution in [-0.4, -0.2) is 31.7 Å². The third-order valence-corrected chi connectivity index (χ3v) is 5.31. The number of para-hydroxylation sites is 1. The summed E-state index contributed by atoms with van der Waals surface area (Å²) in [5.74, 6) is -0.563. The van der Waals surface area contributed by atoms with Gasteiger partial charge in [-0.25, -0.2) is 13.2 Å². The number of hydrogen-bond donors (Lipinski definition) is 2. The molecule has 1 aromatic heterocycles. The molecule has 26 heavy (non-hydrogen) atoms. The highest BCUT2D eigenvalue weighted by Crippen LogP contribution is 2.30. The first-order chi connectivity index (χ1) is 12.3. The number of anilines is 1. The van der Waals surface area contributed by atoms with Gasteiger partial charge in [0.2, 0.25) is 0 Å². The highest BCUT2D eigenvalue weighted by molar-refractivity contribution is 7.92. The zero-order valence-corrected chi connectivity index (χ0v) is 15.4. The van der Waals surface area contributed by atoms with Gasteiger partial charge in [0, 0.05) is 11.1 Å². The van der Waals surface area contributed by atoms with Gasteiger partial charge in [-0.1, -0.05) is 32.0 Å². The van der Waals surface area contributed by atoms with Crippen LogP contribution in [0.1, 0.15) is 35.8 Å². The summed E-state index contributed by atoms with van der Waals surface area (Å²) in [6.45, 7) is 3.89. The first-order valence-corrected chi connectivity index (χ1v) is 9.50. The molecule has 0 aliphatic carbocycles. The molecule has 3 rings (SSSR count). The summed E-state index contributed by atoms with van der Waals surface area (Å²) >= 11 is 0. The predicted molar refractivity (Wildman–Crippen MR) is 98.8 cm³/mol. The Morgan fingerprint density at radius 2 is 1.88 bits per heavy atom. The molecular formula is C18H19N3O4S. The molecule has 0 aliphatic heterocycles. The zero-order valence-electron chi connectivity index (χ0n) is 14.6. The van der Waals surface area contributed by atoms with Crippen LogP contribution in [0.25, 0.3) is 10.9 Å². The molecule has 0 radical (unpaired) electrons. The van der Waals surface area contributed by atoms with Gasteiger partial charge in [0.05, 0.1) is 28.8 Å². The smallest absolute Gasteiger partial charge is 0.338 e. The number of fused-ring (bicyclic) bond motifs is 1. The summed E-state index contributed by atoms with van der Waals surface area (Å²) < 4.78 is 32.8. The van der Waals surface area contributed by atoms with Crippen LogP contribution in [-0.2, 0) is 14.8 Å². The van der Waals surface area contributed by atoms with Crippen LogP contribution in [0.2, 0.25) is 0 Å². The number of carbonyl (C=O) groups is 1. The second-order valence-electron chi connectivity index (χ2n) is 6.12. The van der Waals surface area contributed by atoms with Gasteiger partial charge in [0.1, 0.15) is 0 Å². The predicted octanol–water partition coefficient (Wildman–Crippen LogP) is 3.27. The fraction of sp³-hybridized carbons (Fsp3) is 0.222. The molecule has 0 bridgehead atoms. The summed E-state index contributed by atoms with van der Waals surface area (Å²) in [4.78, 5) is 12.2. The highest BCUT2D eigenvalue weighted by Gasteiger charge is 2.24. The summed E-state index contributed by atoms with van der Waals surface area (Å²) in [7, 11) is -2.63. The van der Waals surface area contributed by atoms with E-state index in [4.69, 9.17) is 4.74 Å². The SMILES string of the molecule is COC(=O)c1cc(S(=O)(=O)Nc2ccccc2)cc2[nH]nc(C(C)C)c12. The van der Waals surface area contributed by atoms with E-state index in [1.165, 1.54) is 19.2 Å². The van der Waals surface area contributed by atoms with E-state index in [0.29, 0.717) is 22.3 Å². The van der Waals surface area contributed by atoms with Gasteiger partial charge in [-0.05, 0) is 30.2 Å². The number of benzene rings is 2. The minimum atomic E-state index is -3.89. The summed E-state index contributed by atoms with van der Waals surface area (Å²) in [6.07, 6.45) is 0. The van der Waals surface area contributed by atoms with Crippen LogP contribution in [0.4, 0.5) is 5.69 Å². The molecule has 0 spiro atoms. The molecule has 0 fully saturated rings. The Morgan fingerprint density at radius 1 is 1.19 bits per heavy atom. The second-order valence-corrected chi connectivity index (χ2v) is 7.80. The number of rotatable bonds is 5. The standard InChI is InChI=1S/C18H19N3O4S/c1-11(2)17-16-14(18(22)25-3)9-13(10-15(16)19-20-17)26(23,24)21-12-7-5-4-6-8-12/h4-11,21H,1-3H3,(H,19,20). The average molecular weight is 373 g/mol. The monoisotopic (exact) mass is 373 g/mol. The molecule has 8 heteroatoms. The fourth-order valence-corrected chi connectivity index (χ4v) is 3.83. The molecule has 0 saturated heterocycles. The third kappa shape index (κ3) is 3.28. The molecule has 0 amide bonds. The van der Waals surface area contributed by atoms with Crippen molar-refractivity contribution in [2.24, 2.45) is 0 Å². The van der Waals surface area contributed by atoms with Gasteiger partial charge in [-0.2, -0.15) is 5.10 Å². The van der Waals surface area contributed by atoms with E-state index in [1.54, 1.807) is 30.3 Å². The van der Waals surface area contributed by atoms with Crippen LogP contribution in [0.3, 0.4) is 0 Å². The number of aromatic amines is 1. The molecular weight excluding hydrogens is 354 g/mol. The van der Waals surface area contributed by atoms with E-state index in [-0.39, 0.29) is 16.4 Å². The molecule has 0 atom stereocenters. The third-order valence-electron chi connectivity index (χ3n) is 3.95. The van der Waals surface area contributed by atoms with Crippen molar-refractivity contribution in [1.82, 2.24) is 10.2 Å². The van der Waals surface area contributed by atoms with Crippen molar-refractivity contribution < 1.29 is 17.9 Å². The number of sulfonamides is 1. The van der Waals surface area contributed by atoms with Crippen molar-refractivity contribution in [2.75, 3.05) is 11.8 Å². The Morgan fingerprint density at radius 3 is 2.50 bits per heavy atom. The van der Waals surface area contributed by atoms with Gasteiger partial charge >= 0.3 is 5.97 Å². The maximum absolute atomic E-state index is 12.8. The van der Waals surface area contributed by atoms with Crippen molar-refractivity contribution in [3.05, 3.63) is 53.7 Å². The van der Waals surface area contributed by atoms with Gasteiger partial charge in [-0.15, -0.1) is 0 Å². The lowest BCUT2D eigenvalue weighted by atomic mass is 10.0. The van der Waals surface area contributed by atoms with E-state index >= 15 is 0 Å². The lowest BCUT2D eigenvalue weighted by molar-refractivity contribution is 0.0602. The number of hydrogen-bond acceptors (Lipinski definition) is 5. The number of ether oxygens (including phenoxy) is 1. The highest BCUT2D eigenvalue weighted by atomic mass is 32.2. The van der Waals surface area contributed by atoms with Crippen molar-refractivity contribution in [3.8, 4) is 0 Å². The minimum absolute atomic E-state index is 0.0480. The van der Waals surface area contributed by atoms with Crippen molar-refractivity contribution in [1.29, 1.82) is 0 Å². The quantitative estimate of drug-likeness (QED) is 0.669. The molecule has 0 saturated carbocycles. The Balaban J connectivity index is 2.17. The van der Waals surface area contributed by atoms with Crippen LogP contribution in [0.15, 0.2) is 47.4 Å². The number of H-pyrrole nitrogens is 1. The molecule has 7 nitrogen and oxygen atoms in total. The van der Waals surface area contributed by atoms with Gasteiger partial charge in [0.15, 0.2) is 0 Å². The first kappa shape index (κ1) is 17.9. The topological polar surface area (TPSA) is 101 Å². The number of nitrogens with one attached hydrogen (secondary N) is 2. The van der Waals surface area contributed by atoms with Gasteiger partial charge in [-0.3, -0.25) is 9.82 Å². The number of aromatic nitrogens is 2. The number of methoxy groups -OCH3 is 1. The van der Waals surface area contributed by atoms with E-state index in [2.05, 4.69) is 14.9 Å². The lowest BCUT2D eigenvalue weighted by Gasteiger charge is -2.11. The summed E-state index contributed by atoms with van der Waals surface area (Å²) in [6, 6.07) is 11.3. The summed E-state index contributed by atoms with van der Waals surface area (Å²) in [5.41, 5.74) is 1.74. The Hall–Kier alpha value is -2.87. The Labute approximate surface area is 151 Å². The molecule has 2 N–H and O–H groups in total. The van der Waals surface area contributed by atoms with Crippen LogP contribution in [0.5, 0.6) is 0 Å². The van der Waals surface area contributed by atoms with Gasteiger partial charge < -0.3 is 4.74 Å². The molecule has 136 valence electrons. The minimum Gasteiger partial charge on any atom is -0.465 e. The van der Waals surface area contributed by atoms with E-state index in [1.807, 2.05) is 13.8 Å². The molecule has 3 aromatic rings. The molecule has 0 aliphatic rings. The molecule has 0 unspecified atom stereocenters. The fourth-order valence-electron chi connectivity index (χ4n) is 2.72. The Kier molecular flexibility index (Phi) is 4.69. The van der Waals surface area contributed by atoms with Crippen molar-refractivity contribution in [2.45, 2.75) is 24.7 Å². The van der Waals surface area contributed by atoms with Crippen LogP contribution >= 0.6 is 0 Å². The normalized spacial score (nSPS) is 11.7.